The van der Waals surface area contributed by atoms with Gasteiger partial charge in [-0.2, -0.15) is 0 Å². The van der Waals surface area contributed by atoms with Crippen molar-refractivity contribution in [2.24, 2.45) is 0 Å². The van der Waals surface area contributed by atoms with E-state index in [-0.39, 0.29) is 11.7 Å². The molecule has 0 aromatic heterocycles. The Morgan fingerprint density at radius 3 is 2.19 bits per heavy atom. The lowest BCUT2D eigenvalue weighted by Crippen LogP contribution is -2.01. The Hall–Kier alpha value is -1.97. The van der Waals surface area contributed by atoms with Gasteiger partial charge in [-0.3, -0.25) is 0 Å². The van der Waals surface area contributed by atoms with Crippen LogP contribution in [0.5, 0.6) is 11.5 Å². The Bertz CT molecular complexity index is 411. The van der Waals surface area contributed by atoms with E-state index in [4.69, 9.17) is 14.6 Å². The van der Waals surface area contributed by atoms with Crippen LogP contribution in [0, 0.1) is 0 Å². The van der Waals surface area contributed by atoms with Crippen LogP contribution >= 0.6 is 0 Å². The molecular weight excluding hydrogens is 268 g/mol. The van der Waals surface area contributed by atoms with Gasteiger partial charge in [-0.15, -0.1) is 0 Å². The van der Waals surface area contributed by atoms with E-state index < -0.39 is 0 Å². The van der Waals surface area contributed by atoms with E-state index in [2.05, 4.69) is 6.58 Å². The zero-order valence-corrected chi connectivity index (χ0v) is 12.4. The minimum atomic E-state index is -0.346. The summed E-state index contributed by atoms with van der Waals surface area (Å²) in [6, 6.07) is 6.77. The average Bonchev–Trinajstić information content (AvgIpc) is 2.50. The van der Waals surface area contributed by atoms with Crippen LogP contribution in [0.15, 0.2) is 36.9 Å². The summed E-state index contributed by atoms with van der Waals surface area (Å²) >= 11 is 0. The highest BCUT2D eigenvalue weighted by Crippen LogP contribution is 2.16. The third kappa shape index (κ3) is 8.74. The number of hydrogen-bond donors (Lipinski definition) is 1. The summed E-state index contributed by atoms with van der Waals surface area (Å²) in [7, 11) is 0. The zero-order chi connectivity index (χ0) is 15.3. The fourth-order valence-corrected chi connectivity index (χ4v) is 1.88. The van der Waals surface area contributed by atoms with Crippen LogP contribution in [0.4, 0.5) is 0 Å². The number of phenolic OH excluding ortho intramolecular Hbond substituents is 1. The first-order valence-electron chi connectivity index (χ1n) is 7.43. The van der Waals surface area contributed by atoms with E-state index in [1.165, 1.54) is 6.08 Å². The van der Waals surface area contributed by atoms with Gasteiger partial charge < -0.3 is 14.6 Å². The van der Waals surface area contributed by atoms with Crippen LogP contribution in [0.1, 0.15) is 38.5 Å². The zero-order valence-electron chi connectivity index (χ0n) is 12.4. The first kappa shape index (κ1) is 17.1. The third-order valence-corrected chi connectivity index (χ3v) is 3.06. The minimum absolute atomic E-state index is 0.251. The number of unbranched alkanes of at least 4 members (excludes halogenated alkanes) is 5. The molecule has 0 heterocycles. The molecule has 1 rings (SSSR count). The van der Waals surface area contributed by atoms with Crippen LogP contribution in [0.3, 0.4) is 0 Å². The Morgan fingerprint density at radius 1 is 1.00 bits per heavy atom. The number of aromatic hydroxyl groups is 1. The molecule has 1 aromatic rings. The molecule has 0 fully saturated rings. The second-order valence-corrected chi connectivity index (χ2v) is 4.84. The average molecular weight is 292 g/mol. The number of esters is 1. The van der Waals surface area contributed by atoms with Gasteiger partial charge in [0.1, 0.15) is 11.5 Å². The molecule has 0 aliphatic carbocycles. The van der Waals surface area contributed by atoms with E-state index in [0.29, 0.717) is 13.2 Å². The highest BCUT2D eigenvalue weighted by molar-refractivity contribution is 5.81. The molecule has 21 heavy (non-hydrogen) atoms. The lowest BCUT2D eigenvalue weighted by molar-refractivity contribution is -0.137. The van der Waals surface area contributed by atoms with Crippen molar-refractivity contribution in [2.45, 2.75) is 38.5 Å². The Kier molecular flexibility index (Phi) is 8.76. The number of carbonyl (C=O) groups excluding carboxylic acids is 1. The van der Waals surface area contributed by atoms with Gasteiger partial charge >= 0.3 is 5.97 Å². The molecule has 0 aliphatic heterocycles. The predicted molar refractivity (Wildman–Crippen MR) is 82.5 cm³/mol. The normalized spacial score (nSPS) is 10.1. The van der Waals surface area contributed by atoms with Crippen molar-refractivity contribution in [3.05, 3.63) is 36.9 Å². The molecule has 0 bridgehead atoms. The van der Waals surface area contributed by atoms with Gasteiger partial charge in [-0.05, 0) is 37.1 Å². The van der Waals surface area contributed by atoms with Gasteiger partial charge in [-0.25, -0.2) is 4.79 Å². The molecule has 0 atom stereocenters. The van der Waals surface area contributed by atoms with Crippen molar-refractivity contribution >= 4 is 5.97 Å². The molecule has 0 aliphatic rings. The SMILES string of the molecule is C=CC(=O)OCCCCCCCCOc1ccc(O)cc1. The van der Waals surface area contributed by atoms with Crippen LogP contribution < -0.4 is 4.74 Å². The van der Waals surface area contributed by atoms with Crippen LogP contribution in [-0.4, -0.2) is 24.3 Å². The number of hydrogen-bond acceptors (Lipinski definition) is 4. The fraction of sp³-hybridized carbons (Fsp3) is 0.471. The number of ether oxygens (including phenoxy) is 2. The standard InChI is InChI=1S/C17H24O4/c1-2-17(19)21-14-8-6-4-3-5-7-13-20-16-11-9-15(18)10-12-16/h2,9-12,18H,1,3-8,13-14H2. The van der Waals surface area contributed by atoms with Gasteiger partial charge in [0, 0.05) is 6.08 Å². The molecule has 0 radical (unpaired) electrons. The quantitative estimate of drug-likeness (QED) is 0.382. The van der Waals surface area contributed by atoms with Gasteiger partial charge in [0.15, 0.2) is 0 Å². The molecular formula is C17H24O4. The summed E-state index contributed by atoms with van der Waals surface area (Å²) in [5.41, 5.74) is 0. The molecule has 116 valence electrons. The van der Waals surface area contributed by atoms with E-state index in [0.717, 1.165) is 44.3 Å². The highest BCUT2D eigenvalue weighted by atomic mass is 16.5. The van der Waals surface area contributed by atoms with Gasteiger partial charge in [0.25, 0.3) is 0 Å². The monoisotopic (exact) mass is 292 g/mol. The molecule has 0 saturated carbocycles. The summed E-state index contributed by atoms with van der Waals surface area (Å²) in [5.74, 6) is 0.694. The van der Waals surface area contributed by atoms with Gasteiger partial charge in [0.05, 0.1) is 13.2 Å². The molecule has 4 nitrogen and oxygen atoms in total. The summed E-state index contributed by atoms with van der Waals surface area (Å²) in [4.78, 5) is 10.8. The number of rotatable bonds is 11. The van der Waals surface area contributed by atoms with Crippen molar-refractivity contribution in [1.29, 1.82) is 0 Å². The van der Waals surface area contributed by atoms with Crippen molar-refractivity contribution in [3.63, 3.8) is 0 Å². The first-order chi connectivity index (χ1) is 10.2. The van der Waals surface area contributed by atoms with Crippen molar-refractivity contribution in [3.8, 4) is 11.5 Å². The molecule has 0 amide bonds. The van der Waals surface area contributed by atoms with Crippen LogP contribution in [0.25, 0.3) is 0 Å². The summed E-state index contributed by atoms with van der Waals surface area (Å²) in [6.45, 7) is 4.52. The molecule has 0 saturated heterocycles. The molecule has 4 heteroatoms. The molecule has 1 aromatic carbocycles. The highest BCUT2D eigenvalue weighted by Gasteiger charge is 1.97. The summed E-state index contributed by atoms with van der Waals surface area (Å²) < 4.78 is 10.5. The lowest BCUT2D eigenvalue weighted by atomic mass is 10.1. The fourth-order valence-electron chi connectivity index (χ4n) is 1.88. The minimum Gasteiger partial charge on any atom is -0.508 e. The number of benzene rings is 1. The molecule has 1 N–H and O–H groups in total. The summed E-state index contributed by atoms with van der Waals surface area (Å²) in [6.07, 6.45) is 7.62. The maximum atomic E-state index is 10.8. The largest absolute Gasteiger partial charge is 0.508 e. The number of carbonyl (C=O) groups is 1. The molecule has 0 spiro atoms. The third-order valence-electron chi connectivity index (χ3n) is 3.06. The Balaban J connectivity index is 1.87. The molecule has 0 unspecified atom stereocenters. The topological polar surface area (TPSA) is 55.8 Å². The van der Waals surface area contributed by atoms with Crippen LogP contribution in [0.2, 0.25) is 0 Å². The van der Waals surface area contributed by atoms with E-state index in [1.807, 2.05) is 0 Å². The lowest BCUT2D eigenvalue weighted by Gasteiger charge is -2.06. The van der Waals surface area contributed by atoms with E-state index >= 15 is 0 Å². The van der Waals surface area contributed by atoms with Gasteiger partial charge in [-0.1, -0.05) is 32.3 Å². The van der Waals surface area contributed by atoms with Gasteiger partial charge in [0.2, 0.25) is 0 Å². The van der Waals surface area contributed by atoms with Crippen molar-refractivity contribution in [2.75, 3.05) is 13.2 Å². The van der Waals surface area contributed by atoms with E-state index in [9.17, 15) is 4.79 Å². The summed E-state index contributed by atoms with van der Waals surface area (Å²) in [5, 5.41) is 9.14. The van der Waals surface area contributed by atoms with E-state index in [1.54, 1.807) is 24.3 Å². The van der Waals surface area contributed by atoms with Crippen molar-refractivity contribution in [1.82, 2.24) is 0 Å². The second kappa shape index (κ2) is 10.8. The number of phenols is 1. The first-order valence-corrected chi connectivity index (χ1v) is 7.43. The maximum Gasteiger partial charge on any atom is 0.330 e. The maximum absolute atomic E-state index is 10.8. The predicted octanol–water partition coefficient (Wildman–Crippen LogP) is 3.84. The second-order valence-electron chi connectivity index (χ2n) is 4.84. The van der Waals surface area contributed by atoms with Crippen LogP contribution in [-0.2, 0) is 9.53 Å². The Morgan fingerprint density at radius 2 is 1.57 bits per heavy atom. The Labute approximate surface area is 126 Å². The van der Waals surface area contributed by atoms with Crippen molar-refractivity contribution < 1.29 is 19.4 Å². The smallest absolute Gasteiger partial charge is 0.330 e.